The van der Waals surface area contributed by atoms with E-state index in [1.54, 1.807) is 0 Å². The van der Waals surface area contributed by atoms with Crippen molar-refractivity contribution in [2.24, 2.45) is 5.92 Å². The van der Waals surface area contributed by atoms with Crippen LogP contribution in [0.4, 0.5) is 0 Å². The van der Waals surface area contributed by atoms with E-state index in [4.69, 9.17) is 4.98 Å². The lowest BCUT2D eigenvalue weighted by atomic mass is 9.70. The molecule has 1 saturated carbocycles. The van der Waals surface area contributed by atoms with E-state index in [1.165, 1.54) is 43.7 Å². The number of rotatable bonds is 8. The maximum Gasteiger partial charge on any atom is 0.245 e. The van der Waals surface area contributed by atoms with Crippen molar-refractivity contribution in [1.82, 2.24) is 24.7 Å². The topological polar surface area (TPSA) is 70.5 Å². The highest BCUT2D eigenvalue weighted by atomic mass is 16.2. The van der Waals surface area contributed by atoms with E-state index < -0.39 is 0 Å². The lowest BCUT2D eigenvalue weighted by molar-refractivity contribution is -0.138. The Morgan fingerprint density at radius 3 is 2.26 bits per heavy atom. The second-order valence-corrected chi connectivity index (χ2v) is 13.5. The molecule has 7 nitrogen and oxygen atoms in total. The van der Waals surface area contributed by atoms with Gasteiger partial charge in [-0.1, -0.05) is 42.5 Å². The van der Waals surface area contributed by atoms with Crippen LogP contribution in [0.25, 0.3) is 11.0 Å². The number of carbonyl (C=O) groups excluding carboxylic acids is 2. The van der Waals surface area contributed by atoms with Gasteiger partial charge in [-0.05, 0) is 100 Å². The molecule has 1 N–H and O–H groups in total. The zero-order chi connectivity index (χ0) is 28.8. The Bertz CT molecular complexity index is 1420. The first-order chi connectivity index (χ1) is 20.4. The molecule has 0 radical (unpaired) electrons. The SMILES string of the molecule is CC(=O)NC(C(=O)N1CCC(CCN2[C@@H]3CC[C@H]2CC(n2c(C)nc4ccccc42)C3)(c2ccccc2)CC1)C1CC1. The summed E-state index contributed by atoms with van der Waals surface area (Å²) < 4.78 is 2.52. The molecule has 3 aliphatic heterocycles. The summed E-state index contributed by atoms with van der Waals surface area (Å²) in [5, 5.41) is 2.96. The molecule has 4 aliphatic rings. The fourth-order valence-corrected chi connectivity index (χ4v) is 8.65. The number of aryl methyl sites for hydroxylation is 1. The van der Waals surface area contributed by atoms with E-state index in [1.807, 2.05) is 4.90 Å². The lowest BCUT2D eigenvalue weighted by Gasteiger charge is -2.46. The van der Waals surface area contributed by atoms with Gasteiger partial charge in [0.15, 0.2) is 0 Å². The van der Waals surface area contributed by atoms with Crippen LogP contribution in [0.1, 0.15) is 82.1 Å². The molecular formula is C35H45N5O2. The number of likely N-dealkylation sites (tertiary alicyclic amines) is 1. The molecule has 222 valence electrons. The highest BCUT2D eigenvalue weighted by Crippen LogP contribution is 2.45. The summed E-state index contributed by atoms with van der Waals surface area (Å²) >= 11 is 0. The molecule has 4 heterocycles. The number of para-hydroxylation sites is 2. The van der Waals surface area contributed by atoms with Gasteiger partial charge in [0, 0.05) is 38.1 Å². The van der Waals surface area contributed by atoms with Crippen LogP contribution in [0.2, 0.25) is 0 Å². The Morgan fingerprint density at radius 1 is 0.929 bits per heavy atom. The van der Waals surface area contributed by atoms with E-state index >= 15 is 0 Å². The molecule has 1 aromatic heterocycles. The van der Waals surface area contributed by atoms with Crippen molar-refractivity contribution < 1.29 is 9.59 Å². The quantitative estimate of drug-likeness (QED) is 0.397. The van der Waals surface area contributed by atoms with E-state index in [9.17, 15) is 9.59 Å². The highest BCUT2D eigenvalue weighted by Gasteiger charge is 2.45. The molecule has 1 aliphatic carbocycles. The number of hydrogen-bond donors (Lipinski definition) is 1. The minimum atomic E-state index is -0.347. The minimum absolute atomic E-state index is 0.0779. The van der Waals surface area contributed by atoms with Gasteiger partial charge in [-0.25, -0.2) is 4.98 Å². The molecule has 4 fully saturated rings. The summed E-state index contributed by atoms with van der Waals surface area (Å²) in [4.78, 5) is 35.1. The molecule has 3 aromatic rings. The number of nitrogens with zero attached hydrogens (tertiary/aromatic N) is 4. The Morgan fingerprint density at radius 2 is 1.60 bits per heavy atom. The van der Waals surface area contributed by atoms with Crippen LogP contribution in [0.5, 0.6) is 0 Å². The van der Waals surface area contributed by atoms with E-state index in [-0.39, 0.29) is 23.3 Å². The largest absolute Gasteiger partial charge is 0.344 e. The number of amides is 2. The van der Waals surface area contributed by atoms with Crippen molar-refractivity contribution in [2.45, 2.75) is 101 Å². The monoisotopic (exact) mass is 567 g/mol. The predicted molar refractivity (Wildman–Crippen MR) is 165 cm³/mol. The first kappa shape index (κ1) is 27.6. The average molecular weight is 568 g/mol. The van der Waals surface area contributed by atoms with E-state index in [2.05, 4.69) is 76.3 Å². The second-order valence-electron chi connectivity index (χ2n) is 13.5. The number of aromatic nitrogens is 2. The van der Waals surface area contributed by atoms with Gasteiger partial charge < -0.3 is 14.8 Å². The van der Waals surface area contributed by atoms with Gasteiger partial charge in [0.25, 0.3) is 0 Å². The Balaban J connectivity index is 1.05. The standard InChI is InChI=1S/C35H45N5O2/c1-24-36-31-10-6-7-11-32(31)40(24)30-22-28-14-15-29(23-30)39(28)21-18-35(27-8-4-3-5-9-27)16-19-38(20-17-35)34(42)33(26-12-13-26)37-25(2)41/h3-11,26,28-30,33H,12-23H2,1-2H3,(H,37,41)/t28-,29+,30?,33?. The number of fused-ring (bicyclic) bond motifs is 3. The maximum atomic E-state index is 13.5. The number of hydrogen-bond acceptors (Lipinski definition) is 4. The minimum Gasteiger partial charge on any atom is -0.344 e. The van der Waals surface area contributed by atoms with Crippen LogP contribution in [0.15, 0.2) is 54.6 Å². The van der Waals surface area contributed by atoms with Crippen LogP contribution in [-0.2, 0) is 15.0 Å². The van der Waals surface area contributed by atoms with Crippen molar-refractivity contribution >= 4 is 22.8 Å². The molecule has 4 atom stereocenters. The van der Waals surface area contributed by atoms with Crippen LogP contribution < -0.4 is 5.32 Å². The maximum absolute atomic E-state index is 13.5. The summed E-state index contributed by atoms with van der Waals surface area (Å²) in [5.74, 6) is 1.47. The average Bonchev–Trinajstić information content (AvgIpc) is 3.75. The van der Waals surface area contributed by atoms with Gasteiger partial charge in [-0.3, -0.25) is 14.5 Å². The zero-order valence-electron chi connectivity index (χ0n) is 25.2. The van der Waals surface area contributed by atoms with Crippen molar-refractivity contribution in [1.29, 1.82) is 0 Å². The predicted octanol–water partition coefficient (Wildman–Crippen LogP) is 5.38. The number of nitrogens with one attached hydrogen (secondary N) is 1. The van der Waals surface area contributed by atoms with Crippen LogP contribution in [0.3, 0.4) is 0 Å². The van der Waals surface area contributed by atoms with E-state index in [0.717, 1.165) is 63.1 Å². The summed E-state index contributed by atoms with van der Waals surface area (Å²) in [5.41, 5.74) is 3.88. The normalized spacial score (nSPS) is 26.3. The smallest absolute Gasteiger partial charge is 0.245 e. The number of piperidine rings is 2. The molecule has 3 saturated heterocycles. The highest BCUT2D eigenvalue weighted by molar-refractivity contribution is 5.87. The number of benzene rings is 2. The van der Waals surface area contributed by atoms with Gasteiger partial charge in [0.1, 0.15) is 11.9 Å². The van der Waals surface area contributed by atoms with Gasteiger partial charge in [-0.15, -0.1) is 0 Å². The molecule has 2 unspecified atom stereocenters. The molecule has 2 amide bonds. The fraction of sp³-hybridized carbons (Fsp3) is 0.571. The van der Waals surface area contributed by atoms with Crippen LogP contribution in [0, 0.1) is 12.8 Å². The molecule has 2 aromatic carbocycles. The van der Waals surface area contributed by atoms with Crippen molar-refractivity contribution in [3.63, 3.8) is 0 Å². The summed E-state index contributed by atoms with van der Waals surface area (Å²) in [6, 6.07) is 21.1. The molecule has 7 rings (SSSR count). The molecule has 2 bridgehead atoms. The van der Waals surface area contributed by atoms with Crippen molar-refractivity contribution in [2.75, 3.05) is 19.6 Å². The third kappa shape index (κ3) is 5.14. The first-order valence-corrected chi connectivity index (χ1v) is 16.2. The van der Waals surface area contributed by atoms with Crippen molar-refractivity contribution in [3.8, 4) is 0 Å². The number of carbonyl (C=O) groups is 2. The fourth-order valence-electron chi connectivity index (χ4n) is 8.65. The second kappa shape index (κ2) is 11.1. The number of imidazole rings is 1. The van der Waals surface area contributed by atoms with Crippen LogP contribution in [-0.4, -0.2) is 68.9 Å². The molecule has 42 heavy (non-hydrogen) atoms. The van der Waals surface area contributed by atoms with Gasteiger partial charge in [0.2, 0.25) is 11.8 Å². The Kier molecular flexibility index (Phi) is 7.33. The lowest BCUT2D eigenvalue weighted by Crippen LogP contribution is -2.54. The Hall–Kier alpha value is -3.19. The van der Waals surface area contributed by atoms with Gasteiger partial charge >= 0.3 is 0 Å². The zero-order valence-corrected chi connectivity index (χ0v) is 25.2. The first-order valence-electron chi connectivity index (χ1n) is 16.2. The molecule has 7 heteroatoms. The van der Waals surface area contributed by atoms with Gasteiger partial charge in [0.05, 0.1) is 11.0 Å². The molecular weight excluding hydrogens is 522 g/mol. The van der Waals surface area contributed by atoms with Gasteiger partial charge in [-0.2, -0.15) is 0 Å². The third-order valence-corrected chi connectivity index (χ3v) is 11.0. The summed E-state index contributed by atoms with van der Waals surface area (Å²) in [6.07, 6.45) is 10.1. The van der Waals surface area contributed by atoms with Crippen LogP contribution >= 0.6 is 0 Å². The summed E-state index contributed by atoms with van der Waals surface area (Å²) in [6.45, 7) is 6.33. The Labute approximate surface area is 249 Å². The van der Waals surface area contributed by atoms with E-state index in [0.29, 0.717) is 24.0 Å². The van der Waals surface area contributed by atoms with Crippen molar-refractivity contribution in [3.05, 3.63) is 66.0 Å². The third-order valence-electron chi connectivity index (χ3n) is 11.0. The summed E-state index contributed by atoms with van der Waals surface area (Å²) in [7, 11) is 0. The molecule has 0 spiro atoms.